The van der Waals surface area contributed by atoms with Gasteiger partial charge in [0, 0.05) is 9.79 Å². The Morgan fingerprint density at radius 3 is 1.36 bits per heavy atom. The van der Waals surface area contributed by atoms with Crippen LogP contribution in [-0.2, 0) is 21.6 Å². The molecule has 2 atom stereocenters. The molecule has 3 nitrogen and oxygen atoms in total. The molecule has 1 heterocycles. The van der Waals surface area contributed by atoms with Gasteiger partial charge in [0.25, 0.3) is 0 Å². The number of nitrogens with zero attached hydrogens (tertiary/aromatic N) is 1. The third kappa shape index (κ3) is 3.21. The molecule has 0 amide bonds. The zero-order valence-corrected chi connectivity index (χ0v) is 13.2. The number of hydrogen-bond acceptors (Lipinski definition) is 3. The summed E-state index contributed by atoms with van der Waals surface area (Å²) in [5.74, 6) is 0. The van der Waals surface area contributed by atoms with Gasteiger partial charge in [-0.1, -0.05) is 42.5 Å². The monoisotopic (exact) mass is 327 g/mol. The first-order chi connectivity index (χ1) is 10.8. The molecule has 0 unspecified atom stereocenters. The van der Waals surface area contributed by atoms with E-state index in [1.165, 1.54) is 0 Å². The van der Waals surface area contributed by atoms with Crippen LogP contribution in [0.15, 0.2) is 98.7 Å². The molecule has 0 spiro atoms. The first-order valence-electron chi connectivity index (χ1n) is 6.66. The van der Waals surface area contributed by atoms with E-state index in [4.69, 9.17) is 0 Å². The SMILES string of the molecule is O=[S@](c1ccccc1)c1cccc([S@](=O)c2ccccc2)n1. The first kappa shape index (κ1) is 14.8. The van der Waals surface area contributed by atoms with E-state index in [1.54, 1.807) is 42.5 Å². The molecular weight excluding hydrogens is 314 g/mol. The number of benzene rings is 2. The predicted molar refractivity (Wildman–Crippen MR) is 86.5 cm³/mol. The summed E-state index contributed by atoms with van der Waals surface area (Å²) in [5.41, 5.74) is 0. The molecular formula is C17H13NO2S2. The minimum absolute atomic E-state index is 0.410. The highest BCUT2D eigenvalue weighted by Gasteiger charge is 2.13. The van der Waals surface area contributed by atoms with Crippen LogP contribution in [0, 0.1) is 0 Å². The van der Waals surface area contributed by atoms with Gasteiger partial charge in [-0.3, -0.25) is 0 Å². The van der Waals surface area contributed by atoms with Gasteiger partial charge in [-0.25, -0.2) is 13.4 Å². The molecule has 0 aliphatic carbocycles. The summed E-state index contributed by atoms with van der Waals surface area (Å²) < 4.78 is 25.0. The molecule has 0 bridgehead atoms. The summed E-state index contributed by atoms with van der Waals surface area (Å²) in [6, 6.07) is 23.3. The Hall–Kier alpha value is -2.11. The molecule has 22 heavy (non-hydrogen) atoms. The van der Waals surface area contributed by atoms with Crippen LogP contribution >= 0.6 is 0 Å². The summed E-state index contributed by atoms with van der Waals surface area (Å²) >= 11 is 0. The lowest BCUT2D eigenvalue weighted by atomic mass is 10.4. The van der Waals surface area contributed by atoms with Crippen molar-refractivity contribution >= 4 is 21.6 Å². The van der Waals surface area contributed by atoms with Gasteiger partial charge in [0.15, 0.2) is 0 Å². The van der Waals surface area contributed by atoms with Gasteiger partial charge in [0.2, 0.25) is 0 Å². The molecule has 0 N–H and O–H groups in total. The molecule has 2 aromatic carbocycles. The van der Waals surface area contributed by atoms with Crippen molar-refractivity contribution in [1.29, 1.82) is 0 Å². The van der Waals surface area contributed by atoms with E-state index in [1.807, 2.05) is 36.4 Å². The quantitative estimate of drug-likeness (QED) is 0.738. The van der Waals surface area contributed by atoms with Gasteiger partial charge in [0.1, 0.15) is 31.7 Å². The molecule has 110 valence electrons. The van der Waals surface area contributed by atoms with Gasteiger partial charge in [-0.15, -0.1) is 0 Å². The molecule has 3 aromatic rings. The maximum absolute atomic E-state index is 12.5. The van der Waals surface area contributed by atoms with Crippen molar-refractivity contribution in [1.82, 2.24) is 4.98 Å². The molecule has 0 saturated heterocycles. The minimum Gasteiger partial charge on any atom is -0.247 e. The van der Waals surface area contributed by atoms with Crippen molar-refractivity contribution in [2.24, 2.45) is 0 Å². The largest absolute Gasteiger partial charge is 0.247 e. The van der Waals surface area contributed by atoms with E-state index in [0.717, 1.165) is 0 Å². The summed E-state index contributed by atoms with van der Waals surface area (Å²) in [6.45, 7) is 0. The second-order valence-electron chi connectivity index (χ2n) is 4.48. The van der Waals surface area contributed by atoms with Crippen LogP contribution in [0.4, 0.5) is 0 Å². The van der Waals surface area contributed by atoms with Crippen molar-refractivity contribution in [2.45, 2.75) is 19.8 Å². The van der Waals surface area contributed by atoms with Crippen molar-refractivity contribution in [3.8, 4) is 0 Å². The first-order valence-corrected chi connectivity index (χ1v) is 8.96. The van der Waals surface area contributed by atoms with Gasteiger partial charge in [-0.05, 0) is 36.4 Å². The third-order valence-electron chi connectivity index (χ3n) is 2.99. The highest BCUT2D eigenvalue weighted by Crippen LogP contribution is 2.18. The van der Waals surface area contributed by atoms with Gasteiger partial charge in [0.05, 0.1) is 0 Å². The van der Waals surface area contributed by atoms with E-state index in [0.29, 0.717) is 19.8 Å². The Kier molecular flexibility index (Phi) is 4.56. The summed E-state index contributed by atoms with van der Waals surface area (Å²) in [6.07, 6.45) is 0. The lowest BCUT2D eigenvalue weighted by molar-refractivity contribution is 0.674. The van der Waals surface area contributed by atoms with Crippen LogP contribution in [0.3, 0.4) is 0 Å². The summed E-state index contributed by atoms with van der Waals surface area (Å²) in [5, 5.41) is 0.820. The molecule has 3 rings (SSSR count). The number of aromatic nitrogens is 1. The zero-order chi connectivity index (χ0) is 15.4. The molecule has 0 fully saturated rings. The van der Waals surface area contributed by atoms with E-state index in [2.05, 4.69) is 4.98 Å². The Balaban J connectivity index is 1.94. The third-order valence-corrected chi connectivity index (χ3v) is 5.61. The van der Waals surface area contributed by atoms with E-state index in [-0.39, 0.29) is 0 Å². The van der Waals surface area contributed by atoms with Crippen molar-refractivity contribution < 1.29 is 8.42 Å². The fourth-order valence-corrected chi connectivity index (χ4v) is 4.05. The Bertz CT molecular complexity index is 754. The lowest BCUT2D eigenvalue weighted by Gasteiger charge is -2.05. The van der Waals surface area contributed by atoms with E-state index >= 15 is 0 Å². The van der Waals surface area contributed by atoms with Crippen molar-refractivity contribution in [3.05, 3.63) is 78.9 Å². The Labute approximate surface area is 134 Å². The van der Waals surface area contributed by atoms with Crippen molar-refractivity contribution in [2.75, 3.05) is 0 Å². The van der Waals surface area contributed by atoms with Crippen LogP contribution < -0.4 is 0 Å². The van der Waals surface area contributed by atoms with Crippen LogP contribution in [0.5, 0.6) is 0 Å². The maximum Gasteiger partial charge on any atom is 0.133 e. The van der Waals surface area contributed by atoms with Gasteiger partial charge in [-0.2, -0.15) is 0 Å². The highest BCUT2D eigenvalue weighted by atomic mass is 32.2. The van der Waals surface area contributed by atoms with Gasteiger partial charge < -0.3 is 0 Å². The minimum atomic E-state index is -1.38. The maximum atomic E-state index is 12.5. The fourth-order valence-electron chi connectivity index (χ4n) is 1.93. The fraction of sp³-hybridized carbons (Fsp3) is 0. The number of rotatable bonds is 4. The predicted octanol–water partition coefficient (Wildman–Crippen LogP) is 3.42. The van der Waals surface area contributed by atoms with Crippen LogP contribution in [0.1, 0.15) is 0 Å². The van der Waals surface area contributed by atoms with Crippen LogP contribution in [-0.4, -0.2) is 13.4 Å². The standard InChI is InChI=1S/C17H13NO2S2/c19-21(14-8-3-1-4-9-14)16-12-7-13-17(18-16)22(20)15-10-5-2-6-11-15/h1-13H/t21-,22-/m1/s1. The molecule has 0 saturated carbocycles. The average Bonchev–Trinajstić information content (AvgIpc) is 2.62. The molecule has 0 aliphatic heterocycles. The molecule has 0 radical (unpaired) electrons. The average molecular weight is 327 g/mol. The van der Waals surface area contributed by atoms with Gasteiger partial charge >= 0.3 is 0 Å². The van der Waals surface area contributed by atoms with Crippen LogP contribution in [0.25, 0.3) is 0 Å². The zero-order valence-electron chi connectivity index (χ0n) is 11.6. The Morgan fingerprint density at radius 1 is 0.545 bits per heavy atom. The number of pyridine rings is 1. The molecule has 0 aliphatic rings. The summed E-state index contributed by atoms with van der Waals surface area (Å²) in [7, 11) is -2.75. The lowest BCUT2D eigenvalue weighted by Crippen LogP contribution is -2.01. The van der Waals surface area contributed by atoms with Crippen molar-refractivity contribution in [3.63, 3.8) is 0 Å². The van der Waals surface area contributed by atoms with Crippen LogP contribution in [0.2, 0.25) is 0 Å². The molecule has 1 aromatic heterocycles. The van der Waals surface area contributed by atoms with E-state index in [9.17, 15) is 8.42 Å². The Morgan fingerprint density at radius 2 is 0.955 bits per heavy atom. The second-order valence-corrected chi connectivity index (χ2v) is 7.33. The molecule has 5 heteroatoms. The smallest absolute Gasteiger partial charge is 0.133 e. The topological polar surface area (TPSA) is 47.0 Å². The normalized spacial score (nSPS) is 13.5. The number of hydrogen-bond donors (Lipinski definition) is 0. The van der Waals surface area contributed by atoms with E-state index < -0.39 is 21.6 Å². The summed E-state index contributed by atoms with van der Waals surface area (Å²) in [4.78, 5) is 5.68. The highest BCUT2D eigenvalue weighted by molar-refractivity contribution is 7.85. The second kappa shape index (κ2) is 6.77.